The van der Waals surface area contributed by atoms with Crippen molar-refractivity contribution in [3.63, 3.8) is 0 Å². The van der Waals surface area contributed by atoms with Gasteiger partial charge in [-0.3, -0.25) is 10.1 Å². The predicted octanol–water partition coefficient (Wildman–Crippen LogP) is 1.45. The molecule has 0 heterocycles. The van der Waals surface area contributed by atoms with Crippen LogP contribution in [0.15, 0.2) is 28.7 Å². The standard InChI is InChI=1S/C12H13BrN2O4/c1-7(10(16)15-12(18)14-2)19-11(17)8-3-5-9(13)6-4-8/h3-7H,1-2H3,(H2,14,15,16,18)/t7-/m0/s1. The monoisotopic (exact) mass is 328 g/mol. The van der Waals surface area contributed by atoms with Crippen LogP contribution < -0.4 is 10.6 Å². The Hall–Kier alpha value is -1.89. The largest absolute Gasteiger partial charge is 0.449 e. The van der Waals surface area contributed by atoms with E-state index in [-0.39, 0.29) is 0 Å². The predicted molar refractivity (Wildman–Crippen MR) is 71.6 cm³/mol. The molecule has 0 radical (unpaired) electrons. The van der Waals surface area contributed by atoms with Gasteiger partial charge >= 0.3 is 12.0 Å². The minimum Gasteiger partial charge on any atom is -0.449 e. The molecule has 0 aliphatic heterocycles. The smallest absolute Gasteiger partial charge is 0.338 e. The third kappa shape index (κ3) is 4.70. The molecule has 102 valence electrons. The number of hydrogen-bond donors (Lipinski definition) is 2. The average Bonchev–Trinajstić information content (AvgIpc) is 2.38. The Morgan fingerprint density at radius 1 is 1.21 bits per heavy atom. The van der Waals surface area contributed by atoms with Crippen LogP contribution in [0.3, 0.4) is 0 Å². The second-order valence-corrected chi connectivity index (χ2v) is 4.54. The molecule has 1 aromatic carbocycles. The lowest BCUT2D eigenvalue weighted by Crippen LogP contribution is -2.43. The average molecular weight is 329 g/mol. The molecule has 1 atom stereocenters. The van der Waals surface area contributed by atoms with Crippen LogP contribution >= 0.6 is 15.9 Å². The number of ether oxygens (including phenoxy) is 1. The van der Waals surface area contributed by atoms with Crippen molar-refractivity contribution in [2.24, 2.45) is 0 Å². The van der Waals surface area contributed by atoms with E-state index in [9.17, 15) is 14.4 Å². The minimum atomic E-state index is -1.06. The Labute approximate surface area is 118 Å². The Bertz CT molecular complexity index is 487. The maximum Gasteiger partial charge on any atom is 0.338 e. The summed E-state index contributed by atoms with van der Waals surface area (Å²) in [4.78, 5) is 34.1. The molecule has 7 heteroatoms. The number of benzene rings is 1. The number of nitrogens with one attached hydrogen (secondary N) is 2. The molecule has 0 unspecified atom stereocenters. The van der Waals surface area contributed by atoms with Crippen LogP contribution in [0, 0.1) is 0 Å². The first-order valence-corrected chi connectivity index (χ1v) is 6.22. The van der Waals surface area contributed by atoms with Crippen molar-refractivity contribution in [2.45, 2.75) is 13.0 Å². The van der Waals surface area contributed by atoms with E-state index in [0.29, 0.717) is 5.56 Å². The number of rotatable bonds is 3. The molecule has 0 aliphatic rings. The topological polar surface area (TPSA) is 84.5 Å². The molecule has 0 aliphatic carbocycles. The van der Waals surface area contributed by atoms with Crippen LogP contribution in [-0.4, -0.2) is 31.1 Å². The number of esters is 1. The van der Waals surface area contributed by atoms with Gasteiger partial charge in [-0.1, -0.05) is 15.9 Å². The van der Waals surface area contributed by atoms with E-state index in [4.69, 9.17) is 4.74 Å². The van der Waals surface area contributed by atoms with Crippen molar-refractivity contribution >= 4 is 33.8 Å². The van der Waals surface area contributed by atoms with Crippen LogP contribution in [-0.2, 0) is 9.53 Å². The first-order chi connectivity index (χ1) is 8.93. The summed E-state index contributed by atoms with van der Waals surface area (Å²) in [7, 11) is 1.38. The van der Waals surface area contributed by atoms with E-state index in [0.717, 1.165) is 4.47 Å². The third-order valence-electron chi connectivity index (χ3n) is 2.20. The first-order valence-electron chi connectivity index (χ1n) is 5.43. The van der Waals surface area contributed by atoms with Crippen molar-refractivity contribution in [1.82, 2.24) is 10.6 Å². The summed E-state index contributed by atoms with van der Waals surface area (Å²) < 4.78 is 5.77. The van der Waals surface area contributed by atoms with E-state index in [1.54, 1.807) is 24.3 Å². The fourth-order valence-corrected chi connectivity index (χ4v) is 1.41. The maximum atomic E-state index is 11.7. The van der Waals surface area contributed by atoms with Gasteiger partial charge in [0, 0.05) is 11.5 Å². The van der Waals surface area contributed by atoms with Crippen molar-refractivity contribution in [3.05, 3.63) is 34.3 Å². The fraction of sp³-hybridized carbons (Fsp3) is 0.250. The fourth-order valence-electron chi connectivity index (χ4n) is 1.14. The number of urea groups is 1. The van der Waals surface area contributed by atoms with E-state index >= 15 is 0 Å². The van der Waals surface area contributed by atoms with Gasteiger partial charge in [-0.15, -0.1) is 0 Å². The van der Waals surface area contributed by atoms with Gasteiger partial charge in [-0.2, -0.15) is 0 Å². The summed E-state index contributed by atoms with van der Waals surface area (Å²) >= 11 is 3.24. The molecule has 19 heavy (non-hydrogen) atoms. The molecule has 0 spiro atoms. The van der Waals surface area contributed by atoms with Crippen LogP contribution in [0.5, 0.6) is 0 Å². The van der Waals surface area contributed by atoms with Crippen molar-refractivity contribution in [1.29, 1.82) is 0 Å². The quantitative estimate of drug-likeness (QED) is 0.822. The van der Waals surface area contributed by atoms with E-state index < -0.39 is 24.0 Å². The zero-order valence-electron chi connectivity index (χ0n) is 10.4. The van der Waals surface area contributed by atoms with Gasteiger partial charge in [-0.05, 0) is 31.2 Å². The SMILES string of the molecule is CNC(=O)NC(=O)[C@H](C)OC(=O)c1ccc(Br)cc1. The van der Waals surface area contributed by atoms with Crippen LogP contribution in [0.2, 0.25) is 0 Å². The Balaban J connectivity index is 2.59. The van der Waals surface area contributed by atoms with Crippen LogP contribution in [0.1, 0.15) is 17.3 Å². The first kappa shape index (κ1) is 15.2. The van der Waals surface area contributed by atoms with E-state index in [1.807, 2.05) is 5.32 Å². The zero-order chi connectivity index (χ0) is 14.4. The van der Waals surface area contributed by atoms with Gasteiger partial charge in [0.25, 0.3) is 5.91 Å². The molecule has 1 rings (SSSR count). The van der Waals surface area contributed by atoms with Gasteiger partial charge in [0.15, 0.2) is 6.10 Å². The number of carbonyl (C=O) groups is 3. The Morgan fingerprint density at radius 2 is 1.79 bits per heavy atom. The summed E-state index contributed by atoms with van der Waals surface area (Å²) in [6, 6.07) is 5.85. The number of halogens is 1. The normalized spacial score (nSPS) is 11.3. The lowest BCUT2D eigenvalue weighted by molar-refractivity contribution is -0.127. The minimum absolute atomic E-state index is 0.322. The highest BCUT2D eigenvalue weighted by atomic mass is 79.9. The molecular formula is C12H13BrN2O4. The third-order valence-corrected chi connectivity index (χ3v) is 2.73. The lowest BCUT2D eigenvalue weighted by Gasteiger charge is -2.12. The zero-order valence-corrected chi connectivity index (χ0v) is 12.0. The summed E-state index contributed by atoms with van der Waals surface area (Å²) in [6.45, 7) is 1.38. The van der Waals surface area contributed by atoms with Crippen molar-refractivity contribution < 1.29 is 19.1 Å². The van der Waals surface area contributed by atoms with Gasteiger partial charge in [0.1, 0.15) is 0 Å². The maximum absolute atomic E-state index is 11.7. The molecular weight excluding hydrogens is 316 g/mol. The second-order valence-electron chi connectivity index (χ2n) is 3.62. The van der Waals surface area contributed by atoms with Crippen LogP contribution in [0.4, 0.5) is 4.79 Å². The highest BCUT2D eigenvalue weighted by molar-refractivity contribution is 9.10. The molecule has 1 aromatic rings. The highest BCUT2D eigenvalue weighted by Gasteiger charge is 2.20. The second kappa shape index (κ2) is 6.89. The summed E-state index contributed by atoms with van der Waals surface area (Å²) in [6.07, 6.45) is -1.06. The molecule has 0 saturated heterocycles. The highest BCUT2D eigenvalue weighted by Crippen LogP contribution is 2.12. The number of amides is 3. The molecule has 6 nitrogen and oxygen atoms in total. The summed E-state index contributed by atoms with van der Waals surface area (Å²) in [5, 5.41) is 4.25. The van der Waals surface area contributed by atoms with Gasteiger partial charge in [0.2, 0.25) is 0 Å². The van der Waals surface area contributed by atoms with Gasteiger partial charge < -0.3 is 10.1 Å². The molecule has 3 amide bonds. The summed E-state index contributed by atoms with van der Waals surface area (Å²) in [5.41, 5.74) is 0.322. The Morgan fingerprint density at radius 3 is 2.32 bits per heavy atom. The lowest BCUT2D eigenvalue weighted by atomic mass is 10.2. The van der Waals surface area contributed by atoms with Crippen LogP contribution in [0.25, 0.3) is 0 Å². The van der Waals surface area contributed by atoms with Gasteiger partial charge in [0.05, 0.1) is 5.56 Å². The van der Waals surface area contributed by atoms with E-state index in [1.165, 1.54) is 14.0 Å². The molecule has 0 bridgehead atoms. The number of hydrogen-bond acceptors (Lipinski definition) is 4. The number of imide groups is 1. The molecule has 0 aromatic heterocycles. The molecule has 2 N–H and O–H groups in total. The Kier molecular flexibility index (Phi) is 5.50. The summed E-state index contributed by atoms with van der Waals surface area (Å²) in [5.74, 6) is -1.32. The van der Waals surface area contributed by atoms with E-state index in [2.05, 4.69) is 21.2 Å². The van der Waals surface area contributed by atoms with Crippen molar-refractivity contribution in [2.75, 3.05) is 7.05 Å². The molecule has 0 fully saturated rings. The number of carbonyl (C=O) groups excluding carboxylic acids is 3. The van der Waals surface area contributed by atoms with Gasteiger partial charge in [-0.25, -0.2) is 9.59 Å². The molecule has 0 saturated carbocycles. The van der Waals surface area contributed by atoms with Crippen molar-refractivity contribution in [3.8, 4) is 0 Å².